The fourth-order valence-corrected chi connectivity index (χ4v) is 0.757. The molecule has 0 radical (unpaired) electrons. The largest absolute Gasteiger partial charge is 0.290 e. The summed E-state index contributed by atoms with van der Waals surface area (Å²) in [6, 6.07) is 0. The van der Waals surface area contributed by atoms with Crippen LogP contribution in [0.15, 0.2) is 11.0 Å². The topological polar surface area (TPSA) is 54.4 Å². The standard InChI is InChI=1S/C3H4O3S/c4-7(5,6)3-1-2-3/h1H,2H2,(H,4,5,6). The normalized spacial score (nSPS) is 18.7. The Morgan fingerprint density at radius 1 is 1.71 bits per heavy atom. The van der Waals surface area contributed by atoms with E-state index in [0.29, 0.717) is 6.42 Å². The smallest absolute Gasteiger partial charge is 0.282 e. The van der Waals surface area contributed by atoms with Crippen LogP contribution in [0.2, 0.25) is 0 Å². The van der Waals surface area contributed by atoms with Crippen LogP contribution in [0.4, 0.5) is 0 Å². The minimum atomic E-state index is -3.77. The highest BCUT2D eigenvalue weighted by Crippen LogP contribution is 2.22. The van der Waals surface area contributed by atoms with Crippen molar-refractivity contribution in [3.8, 4) is 0 Å². The van der Waals surface area contributed by atoms with Gasteiger partial charge in [-0.1, -0.05) is 6.08 Å². The van der Waals surface area contributed by atoms with Crippen LogP contribution in [-0.2, 0) is 10.1 Å². The first-order chi connectivity index (χ1) is 3.11. The first-order valence-electron chi connectivity index (χ1n) is 1.77. The van der Waals surface area contributed by atoms with Crippen molar-refractivity contribution in [2.45, 2.75) is 6.42 Å². The Kier molecular flexibility index (Phi) is 0.739. The van der Waals surface area contributed by atoms with Crippen molar-refractivity contribution in [1.29, 1.82) is 0 Å². The predicted molar refractivity (Wildman–Crippen MR) is 24.2 cm³/mol. The van der Waals surface area contributed by atoms with Gasteiger partial charge in [0, 0.05) is 6.42 Å². The van der Waals surface area contributed by atoms with Gasteiger partial charge in [-0.25, -0.2) is 0 Å². The van der Waals surface area contributed by atoms with Gasteiger partial charge in [0.15, 0.2) is 0 Å². The maximum Gasteiger partial charge on any atom is 0.290 e. The predicted octanol–water partition coefficient (Wildman–Crippen LogP) is 0.162. The van der Waals surface area contributed by atoms with E-state index in [1.165, 1.54) is 6.08 Å². The average molecular weight is 120 g/mol. The number of hydrogen-bond acceptors (Lipinski definition) is 2. The molecular weight excluding hydrogens is 116 g/mol. The molecule has 4 heteroatoms. The molecule has 0 aliphatic heterocycles. The van der Waals surface area contributed by atoms with Crippen molar-refractivity contribution in [1.82, 2.24) is 0 Å². The first kappa shape index (κ1) is 4.80. The third-order valence-corrected chi connectivity index (χ3v) is 1.70. The molecule has 0 aromatic rings. The van der Waals surface area contributed by atoms with E-state index in [4.69, 9.17) is 4.55 Å². The van der Waals surface area contributed by atoms with Gasteiger partial charge in [0.25, 0.3) is 10.1 Å². The fraction of sp³-hybridized carbons (Fsp3) is 0.333. The number of hydrogen-bond donors (Lipinski definition) is 1. The third-order valence-electron chi connectivity index (χ3n) is 0.702. The quantitative estimate of drug-likeness (QED) is 0.501. The van der Waals surface area contributed by atoms with Gasteiger partial charge >= 0.3 is 0 Å². The maximum absolute atomic E-state index is 9.88. The lowest BCUT2D eigenvalue weighted by Gasteiger charge is -1.78. The molecule has 0 bridgehead atoms. The minimum Gasteiger partial charge on any atom is -0.282 e. The third kappa shape index (κ3) is 1.01. The Morgan fingerprint density at radius 2 is 2.14 bits per heavy atom. The van der Waals surface area contributed by atoms with Crippen LogP contribution in [0.3, 0.4) is 0 Å². The summed E-state index contributed by atoms with van der Waals surface area (Å²) in [6.45, 7) is 0. The molecular formula is C3H4O3S. The van der Waals surface area contributed by atoms with Gasteiger partial charge < -0.3 is 0 Å². The molecule has 0 atom stereocenters. The Labute approximate surface area is 41.4 Å². The van der Waals surface area contributed by atoms with Crippen LogP contribution in [0.5, 0.6) is 0 Å². The lowest BCUT2D eigenvalue weighted by atomic mass is 10.9. The van der Waals surface area contributed by atoms with Crippen LogP contribution < -0.4 is 0 Å². The van der Waals surface area contributed by atoms with Gasteiger partial charge in [-0.05, 0) is 0 Å². The summed E-state index contributed by atoms with van der Waals surface area (Å²) in [5.41, 5.74) is 0. The Bertz CT molecular complexity index is 198. The SMILES string of the molecule is O=S(=O)(O)C1=CC1. The van der Waals surface area contributed by atoms with E-state index in [-0.39, 0.29) is 4.91 Å². The zero-order valence-corrected chi connectivity index (χ0v) is 4.27. The molecule has 0 aromatic heterocycles. The van der Waals surface area contributed by atoms with E-state index in [2.05, 4.69) is 0 Å². The van der Waals surface area contributed by atoms with Gasteiger partial charge in [0.1, 0.15) is 0 Å². The van der Waals surface area contributed by atoms with Gasteiger partial charge in [0.2, 0.25) is 0 Å². The molecule has 1 aliphatic carbocycles. The van der Waals surface area contributed by atoms with Crippen molar-refractivity contribution in [2.75, 3.05) is 0 Å². The fourth-order valence-electron chi connectivity index (χ4n) is 0.252. The molecule has 1 rings (SSSR count). The van der Waals surface area contributed by atoms with E-state index in [9.17, 15) is 8.42 Å². The number of rotatable bonds is 1. The monoisotopic (exact) mass is 120 g/mol. The molecule has 0 heterocycles. The summed E-state index contributed by atoms with van der Waals surface area (Å²) in [7, 11) is -3.77. The van der Waals surface area contributed by atoms with Crippen molar-refractivity contribution in [3.05, 3.63) is 11.0 Å². The molecule has 0 saturated heterocycles. The zero-order valence-electron chi connectivity index (χ0n) is 3.46. The molecule has 1 aliphatic rings. The molecule has 0 fully saturated rings. The zero-order chi connectivity index (χ0) is 5.49. The van der Waals surface area contributed by atoms with Gasteiger partial charge in [0.05, 0.1) is 4.91 Å². The van der Waals surface area contributed by atoms with E-state index in [0.717, 1.165) is 0 Å². The van der Waals surface area contributed by atoms with E-state index >= 15 is 0 Å². The molecule has 0 aromatic carbocycles. The summed E-state index contributed by atoms with van der Waals surface area (Å²) in [4.78, 5) is 0.146. The summed E-state index contributed by atoms with van der Waals surface area (Å²) in [5.74, 6) is 0. The van der Waals surface area contributed by atoms with E-state index in [1.54, 1.807) is 0 Å². The Balaban J connectivity index is 2.93. The van der Waals surface area contributed by atoms with Crippen LogP contribution in [0.1, 0.15) is 6.42 Å². The summed E-state index contributed by atoms with van der Waals surface area (Å²) in [5, 5.41) is 0. The highest BCUT2D eigenvalue weighted by atomic mass is 32.2. The second-order valence-electron chi connectivity index (χ2n) is 1.35. The van der Waals surface area contributed by atoms with E-state index in [1.807, 2.05) is 0 Å². The van der Waals surface area contributed by atoms with Crippen molar-refractivity contribution >= 4 is 10.1 Å². The van der Waals surface area contributed by atoms with Crippen LogP contribution >= 0.6 is 0 Å². The van der Waals surface area contributed by atoms with Gasteiger partial charge in [-0.2, -0.15) is 8.42 Å². The molecule has 0 amide bonds. The Hall–Kier alpha value is -0.350. The minimum absolute atomic E-state index is 0.146. The lowest BCUT2D eigenvalue weighted by Crippen LogP contribution is -1.90. The highest BCUT2D eigenvalue weighted by molar-refractivity contribution is 7.90. The van der Waals surface area contributed by atoms with Gasteiger partial charge in [-0.3, -0.25) is 4.55 Å². The second kappa shape index (κ2) is 1.08. The average Bonchev–Trinajstić information content (AvgIpc) is 1.99. The van der Waals surface area contributed by atoms with Crippen LogP contribution in [0, 0.1) is 0 Å². The van der Waals surface area contributed by atoms with Crippen LogP contribution in [-0.4, -0.2) is 13.0 Å². The maximum atomic E-state index is 9.88. The van der Waals surface area contributed by atoms with Crippen molar-refractivity contribution < 1.29 is 13.0 Å². The molecule has 0 saturated carbocycles. The second-order valence-corrected chi connectivity index (χ2v) is 2.82. The first-order valence-corrected chi connectivity index (χ1v) is 3.21. The van der Waals surface area contributed by atoms with E-state index < -0.39 is 10.1 Å². The molecule has 1 N–H and O–H groups in total. The lowest BCUT2D eigenvalue weighted by molar-refractivity contribution is 0.492. The van der Waals surface area contributed by atoms with Crippen LogP contribution in [0.25, 0.3) is 0 Å². The molecule has 0 spiro atoms. The number of allylic oxidation sites excluding steroid dienone is 2. The molecule has 3 nitrogen and oxygen atoms in total. The van der Waals surface area contributed by atoms with Crippen molar-refractivity contribution in [3.63, 3.8) is 0 Å². The molecule has 40 valence electrons. The Morgan fingerprint density at radius 3 is 2.14 bits per heavy atom. The van der Waals surface area contributed by atoms with Gasteiger partial charge in [-0.15, -0.1) is 0 Å². The summed E-state index contributed by atoms with van der Waals surface area (Å²) >= 11 is 0. The summed E-state index contributed by atoms with van der Waals surface area (Å²) in [6.07, 6.45) is 1.88. The summed E-state index contributed by atoms with van der Waals surface area (Å²) < 4.78 is 27.8. The van der Waals surface area contributed by atoms with Crippen molar-refractivity contribution in [2.24, 2.45) is 0 Å². The molecule has 0 unspecified atom stereocenters. The molecule has 7 heavy (non-hydrogen) atoms. The highest BCUT2D eigenvalue weighted by Gasteiger charge is 2.20.